The first-order chi connectivity index (χ1) is 19.4. The molecule has 0 radical (unpaired) electrons. The highest BCUT2D eigenvalue weighted by molar-refractivity contribution is 5.37. The summed E-state index contributed by atoms with van der Waals surface area (Å²) in [5.41, 5.74) is -1.26. The predicted molar refractivity (Wildman–Crippen MR) is 136 cm³/mol. The first-order valence-corrected chi connectivity index (χ1v) is 12.7. The minimum atomic E-state index is -4.31. The molecule has 0 aliphatic carbocycles. The van der Waals surface area contributed by atoms with Crippen molar-refractivity contribution in [1.82, 2.24) is 29.1 Å². The standard InChI is InChI=1S/C27H28F6N6O2/c1-4-17(2)26(12-37-15-34-14-35-37,22-10-5-19(28)11-23(22)29)18(3)39-25(40)38(16-36-39)20-6-8-21(9-7-20)41-13-27(32,33)24(30)31/h5-11,14-18,24H,4,12-13H2,1-3H3/t17?,18-,26-/m1/s1. The molecule has 2 aromatic heterocycles. The van der Waals surface area contributed by atoms with Crippen LogP contribution in [0.5, 0.6) is 5.75 Å². The van der Waals surface area contributed by atoms with E-state index in [0.717, 1.165) is 12.1 Å². The van der Waals surface area contributed by atoms with Gasteiger partial charge in [0, 0.05) is 11.5 Å². The first kappa shape index (κ1) is 29.9. The highest BCUT2D eigenvalue weighted by atomic mass is 19.3. The van der Waals surface area contributed by atoms with E-state index in [1.54, 1.807) is 6.92 Å². The first-order valence-electron chi connectivity index (χ1n) is 12.7. The molecule has 1 unspecified atom stereocenters. The van der Waals surface area contributed by atoms with E-state index >= 15 is 4.39 Å². The van der Waals surface area contributed by atoms with Crippen molar-refractivity contribution in [3.05, 3.63) is 89.1 Å². The van der Waals surface area contributed by atoms with Crippen LogP contribution in [0.2, 0.25) is 0 Å². The maximum atomic E-state index is 15.4. The lowest BCUT2D eigenvalue weighted by Crippen LogP contribution is -2.48. The molecule has 3 atom stereocenters. The second-order valence-corrected chi connectivity index (χ2v) is 9.82. The van der Waals surface area contributed by atoms with Crippen LogP contribution in [0.25, 0.3) is 5.69 Å². The van der Waals surface area contributed by atoms with Crippen LogP contribution in [0.4, 0.5) is 26.3 Å². The minimum absolute atomic E-state index is 0.0975. The number of hydrogen-bond acceptors (Lipinski definition) is 5. The van der Waals surface area contributed by atoms with Gasteiger partial charge in [0.2, 0.25) is 0 Å². The third-order valence-corrected chi connectivity index (χ3v) is 7.49. The maximum Gasteiger partial charge on any atom is 0.350 e. The van der Waals surface area contributed by atoms with E-state index in [9.17, 15) is 26.7 Å². The molecule has 0 bridgehead atoms. The third-order valence-electron chi connectivity index (χ3n) is 7.49. The highest BCUT2D eigenvalue weighted by Crippen LogP contribution is 2.45. The van der Waals surface area contributed by atoms with Crippen molar-refractivity contribution >= 4 is 0 Å². The minimum Gasteiger partial charge on any atom is -0.487 e. The second-order valence-electron chi connectivity index (χ2n) is 9.82. The van der Waals surface area contributed by atoms with Crippen LogP contribution in [0.15, 0.2) is 66.2 Å². The Morgan fingerprint density at radius 2 is 1.71 bits per heavy atom. The van der Waals surface area contributed by atoms with Crippen molar-refractivity contribution < 1.29 is 31.1 Å². The summed E-state index contributed by atoms with van der Waals surface area (Å²) in [6, 6.07) is 7.81. The van der Waals surface area contributed by atoms with Gasteiger partial charge in [-0.1, -0.05) is 26.3 Å². The summed E-state index contributed by atoms with van der Waals surface area (Å²) in [7, 11) is 0. The van der Waals surface area contributed by atoms with Gasteiger partial charge in [-0.15, -0.1) is 0 Å². The fourth-order valence-corrected chi connectivity index (χ4v) is 5.01. The van der Waals surface area contributed by atoms with Crippen molar-refractivity contribution in [3.63, 3.8) is 0 Å². The molecule has 2 heterocycles. The molecule has 0 saturated heterocycles. The molecule has 0 amide bonds. The van der Waals surface area contributed by atoms with Crippen molar-refractivity contribution in [2.45, 2.75) is 57.5 Å². The summed E-state index contributed by atoms with van der Waals surface area (Å²) in [4.78, 5) is 17.6. The summed E-state index contributed by atoms with van der Waals surface area (Å²) < 4.78 is 89.2. The Kier molecular flexibility index (Phi) is 8.59. The van der Waals surface area contributed by atoms with Crippen LogP contribution in [0.3, 0.4) is 0 Å². The van der Waals surface area contributed by atoms with Gasteiger partial charge < -0.3 is 4.74 Å². The number of halogens is 6. The Hall–Kier alpha value is -4.10. The monoisotopic (exact) mass is 582 g/mol. The van der Waals surface area contributed by atoms with Gasteiger partial charge in [0.05, 0.1) is 18.3 Å². The van der Waals surface area contributed by atoms with Gasteiger partial charge in [-0.3, -0.25) is 4.68 Å². The van der Waals surface area contributed by atoms with E-state index in [-0.39, 0.29) is 23.8 Å². The molecular formula is C27H28F6N6O2. The lowest BCUT2D eigenvalue weighted by atomic mass is 9.65. The van der Waals surface area contributed by atoms with Crippen molar-refractivity contribution in [2.75, 3.05) is 6.61 Å². The van der Waals surface area contributed by atoms with Crippen LogP contribution >= 0.6 is 0 Å². The number of hydrogen-bond donors (Lipinski definition) is 0. The van der Waals surface area contributed by atoms with Gasteiger partial charge in [-0.05, 0) is 48.7 Å². The van der Waals surface area contributed by atoms with E-state index < -0.39 is 47.7 Å². The molecule has 0 fully saturated rings. The molecule has 0 N–H and O–H groups in total. The molecule has 41 heavy (non-hydrogen) atoms. The number of rotatable bonds is 12. The molecular weight excluding hydrogens is 554 g/mol. The number of alkyl halides is 4. The number of nitrogens with zero attached hydrogens (tertiary/aromatic N) is 6. The van der Waals surface area contributed by atoms with E-state index in [1.807, 2.05) is 13.8 Å². The van der Waals surface area contributed by atoms with Gasteiger partial charge in [0.1, 0.15) is 36.4 Å². The number of aromatic nitrogens is 6. The van der Waals surface area contributed by atoms with Gasteiger partial charge in [-0.2, -0.15) is 19.0 Å². The zero-order valence-electron chi connectivity index (χ0n) is 22.4. The summed E-state index contributed by atoms with van der Waals surface area (Å²) in [5, 5.41) is 8.48. The Balaban J connectivity index is 1.73. The summed E-state index contributed by atoms with van der Waals surface area (Å²) in [5.74, 6) is -6.20. The summed E-state index contributed by atoms with van der Waals surface area (Å²) >= 11 is 0. The van der Waals surface area contributed by atoms with Crippen LogP contribution in [0, 0.1) is 17.6 Å². The quantitative estimate of drug-likeness (QED) is 0.208. The molecule has 0 aliphatic rings. The topological polar surface area (TPSA) is 79.8 Å². The maximum absolute atomic E-state index is 15.4. The van der Waals surface area contributed by atoms with E-state index in [4.69, 9.17) is 4.74 Å². The Labute approximate surface area is 231 Å². The number of benzene rings is 2. The fourth-order valence-electron chi connectivity index (χ4n) is 5.01. The SMILES string of the molecule is CCC(C)[C@@](Cn1cncn1)(c1ccc(F)cc1F)[C@@H](C)n1ncn(-c2ccc(OCC(F)(F)C(F)F)cc2)c1=O. The fraction of sp³-hybridized carbons (Fsp3) is 0.407. The molecule has 2 aromatic carbocycles. The van der Waals surface area contributed by atoms with Gasteiger partial charge in [0.15, 0.2) is 6.61 Å². The molecule has 220 valence electrons. The summed E-state index contributed by atoms with van der Waals surface area (Å²) in [6.45, 7) is 4.11. The van der Waals surface area contributed by atoms with Crippen molar-refractivity contribution in [1.29, 1.82) is 0 Å². The number of ether oxygens (including phenoxy) is 1. The van der Waals surface area contributed by atoms with E-state index in [2.05, 4.69) is 15.2 Å². The van der Waals surface area contributed by atoms with E-state index in [1.165, 1.54) is 63.2 Å². The van der Waals surface area contributed by atoms with Crippen molar-refractivity contribution in [2.24, 2.45) is 5.92 Å². The van der Waals surface area contributed by atoms with E-state index in [0.29, 0.717) is 12.1 Å². The zero-order chi connectivity index (χ0) is 29.9. The second kappa shape index (κ2) is 11.8. The summed E-state index contributed by atoms with van der Waals surface area (Å²) in [6.07, 6.45) is 0.738. The van der Waals surface area contributed by atoms with Crippen LogP contribution < -0.4 is 10.4 Å². The van der Waals surface area contributed by atoms with Gasteiger partial charge in [-0.25, -0.2) is 36.6 Å². The molecule has 0 spiro atoms. The normalized spacial score (nSPS) is 15.1. The molecule has 0 saturated carbocycles. The zero-order valence-corrected chi connectivity index (χ0v) is 22.4. The molecule has 8 nitrogen and oxygen atoms in total. The average Bonchev–Trinajstić information content (AvgIpc) is 3.59. The Morgan fingerprint density at radius 3 is 2.29 bits per heavy atom. The lowest BCUT2D eigenvalue weighted by molar-refractivity contribution is -0.148. The lowest BCUT2D eigenvalue weighted by Gasteiger charge is -2.43. The van der Waals surface area contributed by atoms with Crippen LogP contribution in [0.1, 0.15) is 38.8 Å². The smallest absolute Gasteiger partial charge is 0.350 e. The Bertz CT molecular complexity index is 1510. The molecule has 4 rings (SSSR count). The predicted octanol–water partition coefficient (Wildman–Crippen LogP) is 5.43. The van der Waals surface area contributed by atoms with Crippen molar-refractivity contribution in [3.8, 4) is 11.4 Å². The van der Waals surface area contributed by atoms with Gasteiger partial charge >= 0.3 is 18.0 Å². The largest absolute Gasteiger partial charge is 0.487 e. The average molecular weight is 583 g/mol. The highest BCUT2D eigenvalue weighted by Gasteiger charge is 2.47. The molecule has 4 aromatic rings. The van der Waals surface area contributed by atoms with Gasteiger partial charge in [0.25, 0.3) is 0 Å². The Morgan fingerprint density at radius 1 is 1.00 bits per heavy atom. The van der Waals surface area contributed by atoms with Crippen LogP contribution in [-0.2, 0) is 12.0 Å². The molecule has 14 heteroatoms. The molecule has 0 aliphatic heterocycles. The van der Waals surface area contributed by atoms with Crippen LogP contribution in [-0.4, -0.2) is 48.1 Å². The third kappa shape index (κ3) is 5.86.